The summed E-state index contributed by atoms with van der Waals surface area (Å²) >= 11 is 0. The van der Waals surface area contributed by atoms with Gasteiger partial charge in [-0.2, -0.15) is 0 Å². The molecule has 0 fully saturated rings. The Morgan fingerprint density at radius 3 is 2.67 bits per heavy atom. The summed E-state index contributed by atoms with van der Waals surface area (Å²) < 4.78 is 0. The third kappa shape index (κ3) is 1.47. The zero-order chi connectivity index (χ0) is 6.69. The van der Waals surface area contributed by atoms with Gasteiger partial charge in [-0.1, -0.05) is 0 Å². The molecule has 0 aliphatic rings. The van der Waals surface area contributed by atoms with Gasteiger partial charge in [-0.3, -0.25) is 9.97 Å². The molecular formula is C6H10N3+. The average Bonchev–Trinajstić information content (AvgIpc) is 1.90. The van der Waals surface area contributed by atoms with Crippen molar-refractivity contribution in [3.8, 4) is 0 Å². The van der Waals surface area contributed by atoms with E-state index in [9.17, 15) is 0 Å². The molecule has 0 amide bonds. The standard InChI is InChI=1S/C6H9N3/c1-5(7)6-4-8-2-3-9-6/h2-5H,7H2,1H3/p+1/t5-/m0/s1. The van der Waals surface area contributed by atoms with E-state index in [1.807, 2.05) is 6.92 Å². The molecule has 0 aromatic carbocycles. The molecule has 1 heterocycles. The van der Waals surface area contributed by atoms with E-state index in [0.717, 1.165) is 5.69 Å². The quantitative estimate of drug-likeness (QED) is 0.562. The highest BCUT2D eigenvalue weighted by molar-refractivity contribution is 4.96. The Kier molecular flexibility index (Phi) is 1.75. The Balaban J connectivity index is 2.85. The van der Waals surface area contributed by atoms with Gasteiger partial charge in [0.1, 0.15) is 11.7 Å². The fourth-order valence-corrected chi connectivity index (χ4v) is 0.565. The smallest absolute Gasteiger partial charge is 0.126 e. The van der Waals surface area contributed by atoms with Crippen LogP contribution in [0.2, 0.25) is 0 Å². The Bertz CT molecular complexity index is 171. The van der Waals surface area contributed by atoms with Crippen LogP contribution in [0.1, 0.15) is 18.7 Å². The van der Waals surface area contributed by atoms with E-state index in [-0.39, 0.29) is 6.04 Å². The molecule has 1 aromatic rings. The largest absolute Gasteiger partial charge is 0.350 e. The normalized spacial score (nSPS) is 13.1. The van der Waals surface area contributed by atoms with E-state index in [4.69, 9.17) is 0 Å². The van der Waals surface area contributed by atoms with E-state index in [1.54, 1.807) is 18.6 Å². The topological polar surface area (TPSA) is 53.4 Å². The summed E-state index contributed by atoms with van der Waals surface area (Å²) in [6, 6.07) is 0.235. The molecule has 0 aliphatic carbocycles. The summed E-state index contributed by atoms with van der Waals surface area (Å²) in [5.74, 6) is 0. The molecule has 0 radical (unpaired) electrons. The van der Waals surface area contributed by atoms with Crippen molar-refractivity contribution < 1.29 is 5.73 Å². The number of hydrogen-bond acceptors (Lipinski definition) is 2. The highest BCUT2D eigenvalue weighted by Crippen LogP contribution is 1.97. The van der Waals surface area contributed by atoms with E-state index in [2.05, 4.69) is 15.7 Å². The van der Waals surface area contributed by atoms with Gasteiger partial charge in [0.2, 0.25) is 0 Å². The lowest BCUT2D eigenvalue weighted by atomic mass is 10.3. The van der Waals surface area contributed by atoms with Gasteiger partial charge in [-0.15, -0.1) is 0 Å². The van der Waals surface area contributed by atoms with Gasteiger partial charge < -0.3 is 5.73 Å². The van der Waals surface area contributed by atoms with Crippen molar-refractivity contribution in [2.45, 2.75) is 13.0 Å². The molecule has 0 aliphatic heterocycles. The van der Waals surface area contributed by atoms with Crippen LogP contribution in [-0.4, -0.2) is 9.97 Å². The van der Waals surface area contributed by atoms with Gasteiger partial charge in [0.15, 0.2) is 0 Å². The van der Waals surface area contributed by atoms with Gasteiger partial charge >= 0.3 is 0 Å². The minimum Gasteiger partial charge on any atom is -0.350 e. The first-order valence-corrected chi connectivity index (χ1v) is 2.89. The van der Waals surface area contributed by atoms with Gasteiger partial charge in [-0.05, 0) is 6.92 Å². The van der Waals surface area contributed by atoms with E-state index in [0.29, 0.717) is 0 Å². The highest BCUT2D eigenvalue weighted by atomic mass is 14.8. The minimum atomic E-state index is 0.235. The highest BCUT2D eigenvalue weighted by Gasteiger charge is 2.00. The maximum atomic E-state index is 4.05. The molecule has 48 valence electrons. The summed E-state index contributed by atoms with van der Waals surface area (Å²) in [6.45, 7) is 1.99. The lowest BCUT2D eigenvalue weighted by molar-refractivity contribution is -0.421. The maximum Gasteiger partial charge on any atom is 0.126 e. The fraction of sp³-hybridized carbons (Fsp3) is 0.333. The number of aromatic nitrogens is 2. The van der Waals surface area contributed by atoms with E-state index >= 15 is 0 Å². The van der Waals surface area contributed by atoms with Crippen LogP contribution in [-0.2, 0) is 0 Å². The van der Waals surface area contributed by atoms with Crippen molar-refractivity contribution in [2.75, 3.05) is 0 Å². The first-order valence-electron chi connectivity index (χ1n) is 2.89. The van der Waals surface area contributed by atoms with Crippen LogP contribution in [0.15, 0.2) is 18.6 Å². The number of quaternary nitrogens is 1. The number of hydrogen-bond donors (Lipinski definition) is 1. The van der Waals surface area contributed by atoms with Crippen LogP contribution in [0.25, 0.3) is 0 Å². The Morgan fingerprint density at radius 2 is 2.33 bits per heavy atom. The van der Waals surface area contributed by atoms with Crippen LogP contribution < -0.4 is 5.73 Å². The van der Waals surface area contributed by atoms with Crippen molar-refractivity contribution in [3.63, 3.8) is 0 Å². The molecule has 3 nitrogen and oxygen atoms in total. The van der Waals surface area contributed by atoms with E-state index in [1.165, 1.54) is 0 Å². The molecule has 0 saturated heterocycles. The Morgan fingerprint density at radius 1 is 1.56 bits per heavy atom. The molecule has 0 spiro atoms. The Hall–Kier alpha value is -0.960. The van der Waals surface area contributed by atoms with Gasteiger partial charge in [0.25, 0.3) is 0 Å². The van der Waals surface area contributed by atoms with Crippen LogP contribution in [0.4, 0.5) is 0 Å². The second kappa shape index (κ2) is 2.55. The van der Waals surface area contributed by atoms with Crippen LogP contribution >= 0.6 is 0 Å². The number of nitrogens with zero attached hydrogens (tertiary/aromatic N) is 2. The molecule has 1 rings (SSSR count). The third-order valence-corrected chi connectivity index (χ3v) is 1.09. The summed E-state index contributed by atoms with van der Waals surface area (Å²) in [7, 11) is 0. The van der Waals surface area contributed by atoms with E-state index < -0.39 is 0 Å². The molecule has 1 aromatic heterocycles. The molecule has 0 unspecified atom stereocenters. The zero-order valence-electron chi connectivity index (χ0n) is 5.41. The fourth-order valence-electron chi connectivity index (χ4n) is 0.565. The SMILES string of the molecule is C[C@H]([NH3+])c1cnccn1. The number of rotatable bonds is 1. The minimum absolute atomic E-state index is 0.235. The maximum absolute atomic E-state index is 4.05. The van der Waals surface area contributed by atoms with Gasteiger partial charge in [0, 0.05) is 12.4 Å². The average molecular weight is 124 g/mol. The van der Waals surface area contributed by atoms with Crippen molar-refractivity contribution >= 4 is 0 Å². The van der Waals surface area contributed by atoms with Gasteiger partial charge in [0.05, 0.1) is 6.20 Å². The molecule has 0 bridgehead atoms. The van der Waals surface area contributed by atoms with Crippen LogP contribution in [0, 0.1) is 0 Å². The van der Waals surface area contributed by atoms with Crippen molar-refractivity contribution in [2.24, 2.45) is 0 Å². The third-order valence-electron chi connectivity index (χ3n) is 1.09. The monoisotopic (exact) mass is 124 g/mol. The molecule has 3 N–H and O–H groups in total. The first-order chi connectivity index (χ1) is 4.30. The Labute approximate surface area is 53.9 Å². The van der Waals surface area contributed by atoms with Crippen molar-refractivity contribution in [3.05, 3.63) is 24.3 Å². The molecule has 0 saturated carbocycles. The summed E-state index contributed by atoms with van der Waals surface area (Å²) in [6.07, 6.45) is 5.07. The lowest BCUT2D eigenvalue weighted by Gasteiger charge is -1.96. The van der Waals surface area contributed by atoms with Gasteiger partial charge in [-0.25, -0.2) is 0 Å². The van der Waals surface area contributed by atoms with Crippen molar-refractivity contribution in [1.29, 1.82) is 0 Å². The van der Waals surface area contributed by atoms with Crippen molar-refractivity contribution in [1.82, 2.24) is 9.97 Å². The molecule has 9 heavy (non-hydrogen) atoms. The predicted octanol–water partition coefficient (Wildman–Crippen LogP) is -0.221. The summed E-state index contributed by atoms with van der Waals surface area (Å²) in [4.78, 5) is 7.96. The molecule has 1 atom stereocenters. The second-order valence-corrected chi connectivity index (χ2v) is 2.03. The summed E-state index contributed by atoms with van der Waals surface area (Å²) in [5, 5.41) is 0. The summed E-state index contributed by atoms with van der Waals surface area (Å²) in [5.41, 5.74) is 4.75. The molecular weight excluding hydrogens is 114 g/mol. The molecule has 3 heteroatoms. The van der Waals surface area contributed by atoms with Crippen LogP contribution in [0.5, 0.6) is 0 Å². The predicted molar refractivity (Wildman–Crippen MR) is 33.3 cm³/mol. The second-order valence-electron chi connectivity index (χ2n) is 2.03. The van der Waals surface area contributed by atoms with Crippen LogP contribution in [0.3, 0.4) is 0 Å². The first kappa shape index (κ1) is 6.16. The lowest BCUT2D eigenvalue weighted by Crippen LogP contribution is -2.52. The zero-order valence-corrected chi connectivity index (χ0v) is 5.41.